The first-order valence-corrected chi connectivity index (χ1v) is 8.58. The van der Waals surface area contributed by atoms with Crippen LogP contribution in [-0.4, -0.2) is 51.6 Å². The van der Waals surface area contributed by atoms with E-state index in [0.717, 1.165) is 4.68 Å². The molecule has 1 aromatic carbocycles. The zero-order chi connectivity index (χ0) is 21.0. The third-order valence-corrected chi connectivity index (χ3v) is 4.40. The molecule has 150 valence electrons. The second kappa shape index (κ2) is 8.65. The summed E-state index contributed by atoms with van der Waals surface area (Å²) in [4.78, 5) is 45.3. The Kier molecular flexibility index (Phi) is 6.03. The molecule has 1 atom stereocenters. The van der Waals surface area contributed by atoms with Crippen LogP contribution in [-0.2, 0) is 27.3 Å². The van der Waals surface area contributed by atoms with Crippen LogP contribution >= 0.6 is 0 Å². The van der Waals surface area contributed by atoms with Crippen LogP contribution in [0.1, 0.15) is 29.3 Å². The van der Waals surface area contributed by atoms with Gasteiger partial charge in [-0.15, -0.1) is 0 Å². The maximum Gasteiger partial charge on any atom is 0.526 e. The molecule has 12 heteroatoms. The number of fused-ring (bicyclic) bond motifs is 1. The van der Waals surface area contributed by atoms with Gasteiger partial charge in [-0.25, -0.2) is 4.68 Å². The molecule has 0 saturated carbocycles. The van der Waals surface area contributed by atoms with Crippen molar-refractivity contribution in [2.75, 3.05) is 0 Å². The van der Waals surface area contributed by atoms with Crippen molar-refractivity contribution in [3.63, 3.8) is 0 Å². The molecule has 0 aliphatic carbocycles. The fourth-order valence-electron chi connectivity index (χ4n) is 3.13. The van der Waals surface area contributed by atoms with E-state index in [1.165, 1.54) is 6.92 Å². The van der Waals surface area contributed by atoms with Gasteiger partial charge in [0.15, 0.2) is 11.6 Å². The van der Waals surface area contributed by atoms with Crippen molar-refractivity contribution < 1.29 is 38.3 Å². The van der Waals surface area contributed by atoms with Crippen LogP contribution in [0.4, 0.5) is 0 Å². The molecule has 0 radical (unpaired) electrons. The maximum absolute atomic E-state index is 12.5. The van der Waals surface area contributed by atoms with Crippen molar-refractivity contribution >= 4 is 31.6 Å². The molecular formula is C17H16BN3O8. The van der Waals surface area contributed by atoms with E-state index < -0.39 is 12.9 Å². The molecule has 0 fully saturated rings. The number of Topliss-reactive ketones (excluding diaryl/α,β-unsaturated/α-hetero) is 2. The predicted octanol–water partition coefficient (Wildman–Crippen LogP) is -0.00390. The lowest BCUT2D eigenvalue weighted by Gasteiger charge is -2.28. The molecule has 0 spiro atoms. The largest absolute Gasteiger partial charge is 0.535 e. The van der Waals surface area contributed by atoms with Gasteiger partial charge in [0.2, 0.25) is 0 Å². The summed E-state index contributed by atoms with van der Waals surface area (Å²) < 4.78 is 15.7. The maximum atomic E-state index is 12.5. The number of ether oxygens (including phenoxy) is 2. The van der Waals surface area contributed by atoms with E-state index in [4.69, 9.17) is 4.65 Å². The standard InChI is InChI=1S/C17H16BN3O8/c1-10(24)14-4-2-3-11-5-12(18(26)29-15(11)14)6-13(25)7-21-17(28-9-23)16(19-20-21)27-8-22/h2-4,8-9,12,26H,5-7H2,1H3/t12-/m1/s1. The van der Waals surface area contributed by atoms with Gasteiger partial charge in [0, 0.05) is 12.2 Å². The minimum absolute atomic E-state index is 0.0742. The Morgan fingerprint density at radius 2 is 2.10 bits per heavy atom. The normalized spacial score (nSPS) is 15.1. The average Bonchev–Trinajstić information content (AvgIpc) is 3.04. The van der Waals surface area contributed by atoms with Crippen LogP contribution in [0.25, 0.3) is 0 Å². The average molecular weight is 401 g/mol. The summed E-state index contributed by atoms with van der Waals surface area (Å²) in [5.41, 5.74) is 1.08. The lowest BCUT2D eigenvalue weighted by molar-refractivity contribution is -0.124. The van der Waals surface area contributed by atoms with Gasteiger partial charge in [-0.05, 0) is 25.0 Å². The second-order valence-corrected chi connectivity index (χ2v) is 6.35. The van der Waals surface area contributed by atoms with Crippen LogP contribution in [0, 0.1) is 0 Å². The smallest absolute Gasteiger partial charge is 0.526 e. The molecule has 1 N–H and O–H groups in total. The summed E-state index contributed by atoms with van der Waals surface area (Å²) in [5, 5.41) is 17.4. The Balaban J connectivity index is 1.72. The van der Waals surface area contributed by atoms with E-state index in [9.17, 15) is 24.2 Å². The number of carbonyl (C=O) groups excluding carboxylic acids is 4. The number of hydrogen-bond acceptors (Lipinski definition) is 10. The van der Waals surface area contributed by atoms with E-state index in [-0.39, 0.29) is 49.2 Å². The van der Waals surface area contributed by atoms with Gasteiger partial charge in [0.05, 0.1) is 5.56 Å². The molecular weight excluding hydrogens is 385 g/mol. The molecule has 11 nitrogen and oxygen atoms in total. The number of carbonyl (C=O) groups is 4. The van der Waals surface area contributed by atoms with Crippen molar-refractivity contribution in [2.45, 2.75) is 32.1 Å². The van der Waals surface area contributed by atoms with Gasteiger partial charge in [0.25, 0.3) is 18.8 Å². The molecule has 2 heterocycles. The number of aromatic nitrogens is 3. The highest BCUT2D eigenvalue weighted by molar-refractivity contribution is 6.47. The lowest BCUT2D eigenvalue weighted by atomic mass is 9.64. The topological polar surface area (TPSA) is 147 Å². The summed E-state index contributed by atoms with van der Waals surface area (Å²) in [7, 11) is -1.28. The Morgan fingerprint density at radius 1 is 1.34 bits per heavy atom. The minimum atomic E-state index is -1.28. The van der Waals surface area contributed by atoms with Crippen molar-refractivity contribution in [3.8, 4) is 17.5 Å². The fourth-order valence-corrected chi connectivity index (χ4v) is 3.13. The van der Waals surface area contributed by atoms with Crippen molar-refractivity contribution in [2.24, 2.45) is 0 Å². The number of hydrogen-bond donors (Lipinski definition) is 1. The van der Waals surface area contributed by atoms with Crippen molar-refractivity contribution in [1.29, 1.82) is 0 Å². The van der Waals surface area contributed by atoms with Gasteiger partial charge in [-0.1, -0.05) is 22.4 Å². The summed E-state index contributed by atoms with van der Waals surface area (Å²) in [6.45, 7) is 1.23. The van der Waals surface area contributed by atoms with Crippen LogP contribution in [0.5, 0.6) is 17.5 Å². The lowest BCUT2D eigenvalue weighted by Crippen LogP contribution is -2.36. The predicted molar refractivity (Wildman–Crippen MR) is 95.5 cm³/mol. The first kappa shape index (κ1) is 20.2. The molecule has 0 bridgehead atoms. The highest BCUT2D eigenvalue weighted by Crippen LogP contribution is 2.36. The number of nitrogens with zero attached hydrogens (tertiary/aromatic N) is 3. The van der Waals surface area contributed by atoms with E-state index in [0.29, 0.717) is 23.3 Å². The number of para-hydroxylation sites is 1. The van der Waals surface area contributed by atoms with Crippen LogP contribution in [0.3, 0.4) is 0 Å². The molecule has 1 aliphatic rings. The number of rotatable bonds is 9. The Labute approximate surface area is 164 Å². The third kappa shape index (κ3) is 4.32. The third-order valence-electron chi connectivity index (χ3n) is 4.40. The molecule has 3 rings (SSSR count). The second-order valence-electron chi connectivity index (χ2n) is 6.35. The van der Waals surface area contributed by atoms with Crippen molar-refractivity contribution in [3.05, 3.63) is 29.3 Å². The first-order chi connectivity index (χ1) is 13.9. The van der Waals surface area contributed by atoms with E-state index in [1.54, 1.807) is 18.2 Å². The Morgan fingerprint density at radius 3 is 2.79 bits per heavy atom. The molecule has 0 saturated heterocycles. The van der Waals surface area contributed by atoms with Crippen LogP contribution < -0.4 is 14.1 Å². The van der Waals surface area contributed by atoms with Gasteiger partial charge in [0.1, 0.15) is 12.3 Å². The van der Waals surface area contributed by atoms with Gasteiger partial charge >= 0.3 is 13.0 Å². The van der Waals surface area contributed by atoms with Crippen molar-refractivity contribution in [1.82, 2.24) is 15.0 Å². The molecule has 0 amide bonds. The zero-order valence-electron chi connectivity index (χ0n) is 15.3. The van der Waals surface area contributed by atoms with Gasteiger partial charge < -0.3 is 19.2 Å². The molecule has 1 aliphatic heterocycles. The fraction of sp³-hybridized carbons (Fsp3) is 0.294. The Hall–Kier alpha value is -3.54. The number of benzene rings is 1. The SMILES string of the molecule is CC(=O)c1cccc2c1OB(O)[C@@H](CC(=O)Cn1nnc(OC=O)c1OC=O)C2. The molecule has 0 unspecified atom stereocenters. The summed E-state index contributed by atoms with van der Waals surface area (Å²) in [5.74, 6) is -1.43. The van der Waals surface area contributed by atoms with E-state index in [2.05, 4.69) is 19.8 Å². The molecule has 29 heavy (non-hydrogen) atoms. The zero-order valence-corrected chi connectivity index (χ0v) is 15.3. The summed E-state index contributed by atoms with van der Waals surface area (Å²) in [6.07, 6.45) is 0.257. The van der Waals surface area contributed by atoms with Gasteiger partial charge in [-0.2, -0.15) is 0 Å². The molecule has 2 aromatic rings. The minimum Gasteiger partial charge on any atom is -0.535 e. The Bertz CT molecular complexity index is 960. The number of ketones is 2. The van der Waals surface area contributed by atoms with Gasteiger partial charge in [-0.3, -0.25) is 19.2 Å². The van der Waals surface area contributed by atoms with E-state index >= 15 is 0 Å². The highest BCUT2D eigenvalue weighted by atomic mass is 16.6. The summed E-state index contributed by atoms with van der Waals surface area (Å²) in [6, 6.07) is 5.09. The summed E-state index contributed by atoms with van der Waals surface area (Å²) >= 11 is 0. The monoisotopic (exact) mass is 401 g/mol. The highest BCUT2D eigenvalue weighted by Gasteiger charge is 2.37. The quantitative estimate of drug-likeness (QED) is 0.346. The van der Waals surface area contributed by atoms with Crippen LogP contribution in [0.2, 0.25) is 5.82 Å². The van der Waals surface area contributed by atoms with Crippen LogP contribution in [0.15, 0.2) is 18.2 Å². The first-order valence-electron chi connectivity index (χ1n) is 8.58. The molecule has 1 aromatic heterocycles. The van der Waals surface area contributed by atoms with E-state index in [1.807, 2.05) is 0 Å².